The van der Waals surface area contributed by atoms with Crippen molar-refractivity contribution in [3.05, 3.63) is 0 Å². The van der Waals surface area contributed by atoms with Gasteiger partial charge >= 0.3 is 5.97 Å². The van der Waals surface area contributed by atoms with E-state index in [1.54, 1.807) is 0 Å². The van der Waals surface area contributed by atoms with Gasteiger partial charge < -0.3 is 10.8 Å². The minimum atomic E-state index is -0.719. The van der Waals surface area contributed by atoms with Gasteiger partial charge in [0, 0.05) is 19.1 Å². The highest BCUT2D eigenvalue weighted by atomic mass is 16.4. The number of nitrogens with two attached hydrogens (primary N) is 1. The van der Waals surface area contributed by atoms with Crippen LogP contribution in [0, 0.1) is 5.92 Å². The SMILES string of the molecule is CC1CC(CN)CN1CCC(=O)O. The van der Waals surface area contributed by atoms with E-state index in [0.29, 0.717) is 25.0 Å². The summed E-state index contributed by atoms with van der Waals surface area (Å²) in [5.41, 5.74) is 5.57. The monoisotopic (exact) mass is 186 g/mol. The Bertz CT molecular complexity index is 184. The van der Waals surface area contributed by atoms with Crippen LogP contribution in [0.2, 0.25) is 0 Å². The smallest absolute Gasteiger partial charge is 0.304 e. The summed E-state index contributed by atoms with van der Waals surface area (Å²) >= 11 is 0. The normalized spacial score (nSPS) is 29.4. The van der Waals surface area contributed by atoms with Crippen molar-refractivity contribution in [1.82, 2.24) is 4.90 Å². The van der Waals surface area contributed by atoms with E-state index in [1.165, 1.54) is 0 Å². The Morgan fingerprint density at radius 1 is 1.69 bits per heavy atom. The molecule has 0 amide bonds. The second-order valence-electron chi connectivity index (χ2n) is 3.83. The van der Waals surface area contributed by atoms with Gasteiger partial charge in [0.1, 0.15) is 0 Å². The number of carboxylic acid groups (broad SMARTS) is 1. The number of aliphatic carboxylic acids is 1. The first kappa shape index (κ1) is 10.5. The third kappa shape index (κ3) is 2.97. The van der Waals surface area contributed by atoms with Crippen LogP contribution in [0.5, 0.6) is 0 Å². The summed E-state index contributed by atoms with van der Waals surface area (Å²) in [7, 11) is 0. The van der Waals surface area contributed by atoms with Gasteiger partial charge in [-0.1, -0.05) is 0 Å². The zero-order valence-electron chi connectivity index (χ0n) is 8.07. The van der Waals surface area contributed by atoms with Gasteiger partial charge in [-0.3, -0.25) is 9.69 Å². The molecule has 0 aliphatic carbocycles. The zero-order valence-corrected chi connectivity index (χ0v) is 8.07. The molecular weight excluding hydrogens is 168 g/mol. The molecule has 1 aliphatic rings. The molecule has 0 saturated carbocycles. The van der Waals surface area contributed by atoms with Gasteiger partial charge in [-0.05, 0) is 25.8 Å². The van der Waals surface area contributed by atoms with Gasteiger partial charge in [0.2, 0.25) is 0 Å². The highest BCUT2D eigenvalue weighted by Gasteiger charge is 2.27. The van der Waals surface area contributed by atoms with Gasteiger partial charge in [0.05, 0.1) is 6.42 Å². The molecule has 76 valence electrons. The number of rotatable bonds is 4. The third-order valence-electron chi connectivity index (χ3n) is 2.74. The van der Waals surface area contributed by atoms with Crippen molar-refractivity contribution in [1.29, 1.82) is 0 Å². The second kappa shape index (κ2) is 4.58. The lowest BCUT2D eigenvalue weighted by Crippen LogP contribution is -2.30. The average Bonchev–Trinajstić information content (AvgIpc) is 2.43. The number of nitrogens with zero attached hydrogens (tertiary/aromatic N) is 1. The molecule has 0 bridgehead atoms. The maximum atomic E-state index is 10.4. The summed E-state index contributed by atoms with van der Waals surface area (Å²) in [6, 6.07) is 0.493. The van der Waals surface area contributed by atoms with Crippen LogP contribution in [0.25, 0.3) is 0 Å². The number of likely N-dealkylation sites (tertiary alicyclic amines) is 1. The molecule has 0 aromatic rings. The molecule has 4 heteroatoms. The molecule has 2 atom stereocenters. The summed E-state index contributed by atoms with van der Waals surface area (Å²) in [4.78, 5) is 12.6. The lowest BCUT2D eigenvalue weighted by atomic mass is 10.1. The quantitative estimate of drug-likeness (QED) is 0.655. The molecule has 4 nitrogen and oxygen atoms in total. The Hall–Kier alpha value is -0.610. The van der Waals surface area contributed by atoms with E-state index in [0.717, 1.165) is 13.0 Å². The Morgan fingerprint density at radius 3 is 2.85 bits per heavy atom. The molecule has 0 radical (unpaired) electrons. The summed E-state index contributed by atoms with van der Waals surface area (Å²) in [5, 5.41) is 8.53. The molecular formula is C9H18N2O2. The maximum Gasteiger partial charge on any atom is 0.304 e. The van der Waals surface area contributed by atoms with Crippen molar-refractivity contribution in [3.8, 4) is 0 Å². The molecule has 0 aromatic heterocycles. The van der Waals surface area contributed by atoms with Crippen molar-refractivity contribution in [2.75, 3.05) is 19.6 Å². The molecule has 1 rings (SSSR count). The predicted molar refractivity (Wildman–Crippen MR) is 50.4 cm³/mol. The third-order valence-corrected chi connectivity index (χ3v) is 2.74. The van der Waals surface area contributed by atoms with E-state index < -0.39 is 5.97 Å². The van der Waals surface area contributed by atoms with E-state index in [9.17, 15) is 4.79 Å². The first-order valence-corrected chi connectivity index (χ1v) is 4.79. The summed E-state index contributed by atoms with van der Waals surface area (Å²) in [5.74, 6) is -0.160. The van der Waals surface area contributed by atoms with Gasteiger partial charge in [-0.2, -0.15) is 0 Å². The molecule has 2 unspecified atom stereocenters. The molecule has 1 fully saturated rings. The van der Waals surface area contributed by atoms with E-state index in [1.807, 2.05) is 0 Å². The predicted octanol–water partition coefficient (Wildman–Crippen LogP) is 0.130. The fourth-order valence-electron chi connectivity index (χ4n) is 1.94. The van der Waals surface area contributed by atoms with Crippen LogP contribution in [-0.4, -0.2) is 41.7 Å². The fraction of sp³-hybridized carbons (Fsp3) is 0.889. The van der Waals surface area contributed by atoms with E-state index in [2.05, 4.69) is 11.8 Å². The van der Waals surface area contributed by atoms with Gasteiger partial charge in [-0.25, -0.2) is 0 Å². The first-order chi connectivity index (χ1) is 6.13. The maximum absolute atomic E-state index is 10.4. The van der Waals surface area contributed by atoms with Crippen molar-refractivity contribution >= 4 is 5.97 Å². The van der Waals surface area contributed by atoms with Crippen molar-refractivity contribution in [2.45, 2.75) is 25.8 Å². The summed E-state index contributed by atoms with van der Waals surface area (Å²) in [6.45, 7) is 4.48. The molecule has 1 saturated heterocycles. The number of carboxylic acids is 1. The lowest BCUT2D eigenvalue weighted by molar-refractivity contribution is -0.137. The van der Waals surface area contributed by atoms with Crippen molar-refractivity contribution in [2.24, 2.45) is 11.7 Å². The van der Waals surface area contributed by atoms with Crippen LogP contribution in [0.4, 0.5) is 0 Å². The zero-order chi connectivity index (χ0) is 9.84. The topological polar surface area (TPSA) is 66.6 Å². The van der Waals surface area contributed by atoms with Crippen LogP contribution in [0.3, 0.4) is 0 Å². The molecule has 0 spiro atoms. The van der Waals surface area contributed by atoms with E-state index >= 15 is 0 Å². The van der Waals surface area contributed by atoms with Crippen molar-refractivity contribution in [3.63, 3.8) is 0 Å². The minimum Gasteiger partial charge on any atom is -0.481 e. The van der Waals surface area contributed by atoms with Gasteiger partial charge in [-0.15, -0.1) is 0 Å². The van der Waals surface area contributed by atoms with Crippen LogP contribution in [0.15, 0.2) is 0 Å². The van der Waals surface area contributed by atoms with Gasteiger partial charge in [0.25, 0.3) is 0 Å². The Kier molecular flexibility index (Phi) is 3.69. The highest BCUT2D eigenvalue weighted by Crippen LogP contribution is 2.21. The van der Waals surface area contributed by atoms with Crippen LogP contribution < -0.4 is 5.73 Å². The first-order valence-electron chi connectivity index (χ1n) is 4.79. The van der Waals surface area contributed by atoms with Crippen LogP contribution in [-0.2, 0) is 4.79 Å². The molecule has 0 aromatic carbocycles. The Morgan fingerprint density at radius 2 is 2.38 bits per heavy atom. The molecule has 1 aliphatic heterocycles. The largest absolute Gasteiger partial charge is 0.481 e. The van der Waals surface area contributed by atoms with E-state index in [4.69, 9.17) is 10.8 Å². The Labute approximate surface area is 78.7 Å². The molecule has 3 N–H and O–H groups in total. The second-order valence-corrected chi connectivity index (χ2v) is 3.83. The van der Waals surface area contributed by atoms with Crippen LogP contribution in [0.1, 0.15) is 19.8 Å². The number of hydrogen-bond acceptors (Lipinski definition) is 3. The Balaban J connectivity index is 2.30. The molecule has 13 heavy (non-hydrogen) atoms. The summed E-state index contributed by atoms with van der Waals surface area (Å²) < 4.78 is 0. The summed E-state index contributed by atoms with van der Waals surface area (Å²) in [6.07, 6.45) is 1.34. The molecule has 1 heterocycles. The van der Waals surface area contributed by atoms with Crippen molar-refractivity contribution < 1.29 is 9.90 Å². The van der Waals surface area contributed by atoms with Gasteiger partial charge in [0.15, 0.2) is 0 Å². The van der Waals surface area contributed by atoms with Crippen LogP contribution >= 0.6 is 0 Å². The fourth-order valence-corrected chi connectivity index (χ4v) is 1.94. The number of hydrogen-bond donors (Lipinski definition) is 2. The number of carbonyl (C=O) groups is 1. The minimum absolute atomic E-state index is 0.238. The van der Waals surface area contributed by atoms with E-state index in [-0.39, 0.29) is 6.42 Å². The highest BCUT2D eigenvalue weighted by molar-refractivity contribution is 5.66. The lowest BCUT2D eigenvalue weighted by Gasteiger charge is -2.19. The average molecular weight is 186 g/mol. The standard InChI is InChI=1S/C9H18N2O2/c1-7-4-8(5-10)6-11(7)3-2-9(12)13/h7-8H,2-6,10H2,1H3,(H,12,13).